The summed E-state index contributed by atoms with van der Waals surface area (Å²) in [6.45, 7) is 0. The first kappa shape index (κ1) is 24.2. The number of aliphatic hydroxyl groups is 1. The zero-order valence-electron chi connectivity index (χ0n) is 19.8. The number of methoxy groups -OCH3 is 2. The summed E-state index contributed by atoms with van der Waals surface area (Å²) in [7, 11) is 6.85. The molecule has 1 saturated heterocycles. The molecule has 1 unspecified atom stereocenters. The summed E-state index contributed by atoms with van der Waals surface area (Å²) in [6, 6.07) is 18.1. The molecule has 3 aromatic carbocycles. The Morgan fingerprint density at radius 3 is 2.23 bits per heavy atom. The first-order valence-corrected chi connectivity index (χ1v) is 11.2. The molecule has 0 aromatic heterocycles. The van der Waals surface area contributed by atoms with E-state index >= 15 is 0 Å². The van der Waals surface area contributed by atoms with Gasteiger partial charge in [0.15, 0.2) is 11.5 Å². The van der Waals surface area contributed by atoms with Crippen LogP contribution in [0.4, 0.5) is 11.4 Å². The highest BCUT2D eigenvalue weighted by Gasteiger charge is 2.47. The highest BCUT2D eigenvalue weighted by molar-refractivity contribution is 6.51. The van der Waals surface area contributed by atoms with Crippen LogP contribution in [-0.4, -0.2) is 45.1 Å². The minimum atomic E-state index is -0.872. The van der Waals surface area contributed by atoms with Crippen LogP contribution in [0.3, 0.4) is 0 Å². The molecule has 3 aromatic rings. The van der Waals surface area contributed by atoms with Crippen LogP contribution in [0, 0.1) is 0 Å². The highest BCUT2D eigenvalue weighted by atomic mass is 35.5. The number of carbonyl (C=O) groups is 2. The highest BCUT2D eigenvalue weighted by Crippen LogP contribution is 2.44. The quantitative estimate of drug-likeness (QED) is 0.295. The lowest BCUT2D eigenvalue weighted by atomic mass is 9.95. The molecule has 1 aliphatic rings. The van der Waals surface area contributed by atoms with E-state index in [2.05, 4.69) is 0 Å². The Kier molecular flexibility index (Phi) is 6.71. The average Bonchev–Trinajstić information content (AvgIpc) is 3.13. The lowest BCUT2D eigenvalue weighted by Crippen LogP contribution is -2.29. The van der Waals surface area contributed by atoms with Crippen LogP contribution in [0.5, 0.6) is 11.5 Å². The molecule has 0 aliphatic carbocycles. The summed E-state index contributed by atoms with van der Waals surface area (Å²) in [4.78, 5) is 30.0. The fraction of sp³-hybridized carbons (Fsp3) is 0.185. The molecule has 1 atom stereocenters. The van der Waals surface area contributed by atoms with E-state index in [1.807, 2.05) is 43.3 Å². The van der Waals surface area contributed by atoms with Crippen molar-refractivity contribution in [3.63, 3.8) is 0 Å². The van der Waals surface area contributed by atoms with Crippen molar-refractivity contribution in [1.82, 2.24) is 0 Å². The van der Waals surface area contributed by atoms with E-state index in [0.717, 1.165) is 5.69 Å². The number of ether oxygens (including phenoxy) is 2. The molecule has 1 fully saturated rings. The Morgan fingerprint density at radius 1 is 0.943 bits per heavy atom. The van der Waals surface area contributed by atoms with Crippen LogP contribution in [0.1, 0.15) is 17.2 Å². The molecule has 4 rings (SSSR count). The number of carbonyl (C=O) groups excluding carboxylic acids is 2. The standard InChI is InChI=1S/C27H25ClN2O5/c1-29(2)19-10-8-16(9-11-19)24-23(25(31)17-6-5-7-18(28)14-17)26(32)27(33)30(24)20-12-13-21(34-3)22(15-20)35-4/h5-15,24,31H,1-4H3/b25-23+. The van der Waals surface area contributed by atoms with Crippen LogP contribution in [0.2, 0.25) is 5.02 Å². The van der Waals surface area contributed by atoms with Crippen molar-refractivity contribution in [1.29, 1.82) is 0 Å². The fourth-order valence-corrected chi connectivity index (χ4v) is 4.33. The van der Waals surface area contributed by atoms with Crippen molar-refractivity contribution in [2.75, 3.05) is 38.1 Å². The summed E-state index contributed by atoms with van der Waals surface area (Å²) >= 11 is 6.12. The van der Waals surface area contributed by atoms with E-state index in [-0.39, 0.29) is 11.3 Å². The minimum Gasteiger partial charge on any atom is -0.507 e. The van der Waals surface area contributed by atoms with Gasteiger partial charge in [0.1, 0.15) is 5.76 Å². The number of halogens is 1. The Morgan fingerprint density at radius 2 is 1.63 bits per heavy atom. The lowest BCUT2D eigenvalue weighted by Gasteiger charge is -2.26. The predicted octanol–water partition coefficient (Wildman–Crippen LogP) is 5.05. The van der Waals surface area contributed by atoms with Gasteiger partial charge in [-0.1, -0.05) is 35.9 Å². The van der Waals surface area contributed by atoms with Gasteiger partial charge in [0.05, 0.1) is 25.8 Å². The largest absolute Gasteiger partial charge is 0.507 e. The number of rotatable bonds is 6. The number of benzene rings is 3. The second-order valence-corrected chi connectivity index (χ2v) is 8.64. The molecule has 1 heterocycles. The molecule has 35 heavy (non-hydrogen) atoms. The number of aliphatic hydroxyl groups excluding tert-OH is 1. The first-order valence-electron chi connectivity index (χ1n) is 10.8. The zero-order chi connectivity index (χ0) is 25.3. The van der Waals surface area contributed by atoms with Crippen molar-refractivity contribution in [2.24, 2.45) is 0 Å². The number of ketones is 1. The summed E-state index contributed by atoms with van der Waals surface area (Å²) in [5, 5.41) is 11.6. The Bertz CT molecular complexity index is 1320. The van der Waals surface area contributed by atoms with Crippen LogP contribution in [0.25, 0.3) is 5.76 Å². The molecule has 0 radical (unpaired) electrons. The average molecular weight is 493 g/mol. The van der Waals surface area contributed by atoms with E-state index in [0.29, 0.717) is 33.3 Å². The van der Waals surface area contributed by atoms with Gasteiger partial charge in [-0.15, -0.1) is 0 Å². The van der Waals surface area contributed by atoms with Crippen LogP contribution >= 0.6 is 11.6 Å². The summed E-state index contributed by atoms with van der Waals surface area (Å²) in [5.74, 6) is -0.959. The maximum absolute atomic E-state index is 13.4. The zero-order valence-corrected chi connectivity index (χ0v) is 20.5. The van der Waals surface area contributed by atoms with Gasteiger partial charge >= 0.3 is 0 Å². The Balaban J connectivity index is 1.94. The molecular formula is C27H25ClN2O5. The Labute approximate surface area is 208 Å². The second-order valence-electron chi connectivity index (χ2n) is 8.20. The van der Waals surface area contributed by atoms with E-state index < -0.39 is 17.7 Å². The van der Waals surface area contributed by atoms with E-state index in [9.17, 15) is 14.7 Å². The van der Waals surface area contributed by atoms with Gasteiger partial charge in [-0.25, -0.2) is 0 Å². The van der Waals surface area contributed by atoms with Gasteiger partial charge in [-0.2, -0.15) is 0 Å². The van der Waals surface area contributed by atoms with Crippen molar-refractivity contribution in [3.05, 3.63) is 88.5 Å². The maximum atomic E-state index is 13.4. The topological polar surface area (TPSA) is 79.3 Å². The van der Waals surface area contributed by atoms with Crippen LogP contribution in [0.15, 0.2) is 72.3 Å². The van der Waals surface area contributed by atoms with Gasteiger partial charge in [0, 0.05) is 42.1 Å². The third kappa shape index (κ3) is 4.42. The number of hydrogen-bond acceptors (Lipinski definition) is 6. The summed E-state index contributed by atoms with van der Waals surface area (Å²) in [6.07, 6.45) is 0. The molecule has 180 valence electrons. The fourth-order valence-electron chi connectivity index (χ4n) is 4.14. The van der Waals surface area contributed by atoms with Crippen molar-refractivity contribution in [2.45, 2.75) is 6.04 Å². The van der Waals surface area contributed by atoms with E-state index in [1.165, 1.54) is 19.1 Å². The molecule has 0 spiro atoms. The van der Waals surface area contributed by atoms with Crippen molar-refractivity contribution < 1.29 is 24.2 Å². The van der Waals surface area contributed by atoms with Gasteiger partial charge < -0.3 is 19.5 Å². The third-order valence-corrected chi connectivity index (χ3v) is 6.15. The van der Waals surface area contributed by atoms with Gasteiger partial charge in [-0.05, 0) is 42.0 Å². The molecule has 7 nitrogen and oxygen atoms in total. The number of amides is 1. The molecule has 8 heteroatoms. The van der Waals surface area contributed by atoms with Gasteiger partial charge in [-0.3, -0.25) is 14.5 Å². The predicted molar refractivity (Wildman–Crippen MR) is 137 cm³/mol. The monoisotopic (exact) mass is 492 g/mol. The van der Waals surface area contributed by atoms with Crippen LogP contribution < -0.4 is 19.3 Å². The molecule has 0 saturated carbocycles. The minimum absolute atomic E-state index is 0.0235. The number of anilines is 2. The third-order valence-electron chi connectivity index (χ3n) is 5.91. The maximum Gasteiger partial charge on any atom is 0.300 e. The van der Waals surface area contributed by atoms with Gasteiger partial charge in [0.25, 0.3) is 11.7 Å². The number of hydrogen-bond donors (Lipinski definition) is 1. The summed E-state index contributed by atoms with van der Waals surface area (Å²) < 4.78 is 10.7. The normalized spacial score (nSPS) is 16.9. The van der Waals surface area contributed by atoms with Crippen molar-refractivity contribution >= 4 is 40.4 Å². The van der Waals surface area contributed by atoms with E-state index in [1.54, 1.807) is 42.5 Å². The molecule has 1 amide bonds. The van der Waals surface area contributed by atoms with Crippen LogP contribution in [-0.2, 0) is 9.59 Å². The SMILES string of the molecule is COc1ccc(N2C(=O)C(=O)/C(=C(/O)c3cccc(Cl)c3)C2c2ccc(N(C)C)cc2)cc1OC. The first-order chi connectivity index (χ1) is 16.8. The molecule has 1 N–H and O–H groups in total. The smallest absolute Gasteiger partial charge is 0.300 e. The molecule has 1 aliphatic heterocycles. The number of Topliss-reactive ketones (excluding diaryl/α,β-unsaturated/α-hetero) is 1. The lowest BCUT2D eigenvalue weighted by molar-refractivity contribution is -0.132. The van der Waals surface area contributed by atoms with Crippen molar-refractivity contribution in [3.8, 4) is 11.5 Å². The molecular weight excluding hydrogens is 468 g/mol. The second kappa shape index (κ2) is 9.72. The Hall–Kier alpha value is -3.97. The molecule has 0 bridgehead atoms. The summed E-state index contributed by atoms with van der Waals surface area (Å²) in [5.41, 5.74) is 2.36. The number of nitrogens with zero attached hydrogens (tertiary/aromatic N) is 2. The van der Waals surface area contributed by atoms with E-state index in [4.69, 9.17) is 21.1 Å². The van der Waals surface area contributed by atoms with Gasteiger partial charge in [0.2, 0.25) is 0 Å².